The third-order valence-corrected chi connectivity index (χ3v) is 6.73. The van der Waals surface area contributed by atoms with Crippen LogP contribution in [-0.2, 0) is 20.5 Å². The molecule has 2 fully saturated rings. The van der Waals surface area contributed by atoms with Gasteiger partial charge in [0.15, 0.2) is 0 Å². The molecule has 3 amide bonds. The van der Waals surface area contributed by atoms with Gasteiger partial charge in [0, 0.05) is 37.0 Å². The first kappa shape index (κ1) is 27.6. The van der Waals surface area contributed by atoms with Crippen molar-refractivity contribution < 1.29 is 36.7 Å². The van der Waals surface area contributed by atoms with Crippen molar-refractivity contribution in [2.45, 2.75) is 49.9 Å². The fourth-order valence-corrected chi connectivity index (χ4v) is 4.49. The van der Waals surface area contributed by atoms with Crippen molar-refractivity contribution in [3.8, 4) is 0 Å². The number of amides is 3. The summed E-state index contributed by atoms with van der Waals surface area (Å²) in [5.74, 6) is -1.37. The predicted octanol–water partition coefficient (Wildman–Crippen LogP) is 3.64. The number of morpholine rings is 1. The monoisotopic (exact) mass is 535 g/mol. The van der Waals surface area contributed by atoms with E-state index in [1.165, 1.54) is 12.1 Å². The van der Waals surface area contributed by atoms with Crippen molar-refractivity contribution in [1.29, 1.82) is 0 Å². The van der Waals surface area contributed by atoms with Gasteiger partial charge in [-0.25, -0.2) is 4.39 Å². The second-order valence-corrected chi connectivity index (χ2v) is 9.50. The summed E-state index contributed by atoms with van der Waals surface area (Å²) in [6, 6.07) is 8.96. The number of nitrogens with one attached hydrogen (secondary N) is 2. The van der Waals surface area contributed by atoms with E-state index in [-0.39, 0.29) is 48.0 Å². The minimum atomic E-state index is -4.52. The van der Waals surface area contributed by atoms with E-state index in [4.69, 9.17) is 4.74 Å². The highest BCUT2D eigenvalue weighted by atomic mass is 19.4. The first-order valence-corrected chi connectivity index (χ1v) is 12.5. The maximum atomic E-state index is 13.1. The normalized spacial score (nSPS) is 19.9. The van der Waals surface area contributed by atoms with Crippen LogP contribution in [0.25, 0.3) is 0 Å². The molecule has 1 aliphatic carbocycles. The van der Waals surface area contributed by atoms with Gasteiger partial charge in [0.25, 0.3) is 5.91 Å². The third-order valence-electron chi connectivity index (χ3n) is 6.73. The number of carbonyl (C=O) groups is 3. The summed E-state index contributed by atoms with van der Waals surface area (Å²) in [4.78, 5) is 39.9. The largest absolute Gasteiger partial charge is 0.416 e. The van der Waals surface area contributed by atoms with Crippen LogP contribution in [0.5, 0.6) is 0 Å². The summed E-state index contributed by atoms with van der Waals surface area (Å²) in [7, 11) is 0. The van der Waals surface area contributed by atoms with Crippen molar-refractivity contribution >= 4 is 17.7 Å². The van der Waals surface area contributed by atoms with Gasteiger partial charge in [-0.05, 0) is 61.2 Å². The summed E-state index contributed by atoms with van der Waals surface area (Å²) < 4.78 is 56.9. The van der Waals surface area contributed by atoms with Gasteiger partial charge in [-0.2, -0.15) is 13.2 Å². The zero-order valence-corrected chi connectivity index (χ0v) is 20.6. The summed E-state index contributed by atoms with van der Waals surface area (Å²) in [6.07, 6.45) is -3.13. The van der Waals surface area contributed by atoms with E-state index in [1.807, 2.05) is 0 Å². The Hall–Kier alpha value is -3.47. The molecule has 0 radical (unpaired) electrons. The van der Waals surface area contributed by atoms with Crippen LogP contribution in [0.3, 0.4) is 0 Å². The molecule has 0 spiro atoms. The maximum Gasteiger partial charge on any atom is 0.416 e. The minimum Gasteiger partial charge on any atom is -0.378 e. The van der Waals surface area contributed by atoms with Crippen molar-refractivity contribution in [2.24, 2.45) is 0 Å². The summed E-state index contributed by atoms with van der Waals surface area (Å²) in [5, 5.41) is 5.58. The molecule has 4 rings (SSSR count). The van der Waals surface area contributed by atoms with Crippen molar-refractivity contribution in [3.05, 3.63) is 71.0 Å². The lowest BCUT2D eigenvalue weighted by Gasteiger charge is -2.30. The highest BCUT2D eigenvalue weighted by Gasteiger charge is 2.39. The van der Waals surface area contributed by atoms with E-state index in [1.54, 1.807) is 17.0 Å². The highest BCUT2D eigenvalue weighted by molar-refractivity contribution is 5.97. The van der Waals surface area contributed by atoms with E-state index in [2.05, 4.69) is 10.6 Å². The van der Waals surface area contributed by atoms with Gasteiger partial charge in [-0.1, -0.05) is 12.1 Å². The average Bonchev–Trinajstić information content (AvgIpc) is 3.66. The van der Waals surface area contributed by atoms with Crippen LogP contribution in [-0.4, -0.2) is 61.0 Å². The van der Waals surface area contributed by atoms with Crippen LogP contribution < -0.4 is 10.6 Å². The Morgan fingerprint density at radius 2 is 1.66 bits per heavy atom. The topological polar surface area (TPSA) is 87.7 Å². The molecule has 7 nitrogen and oxygen atoms in total. The van der Waals surface area contributed by atoms with Gasteiger partial charge in [0.1, 0.15) is 11.9 Å². The van der Waals surface area contributed by atoms with Crippen molar-refractivity contribution in [1.82, 2.24) is 15.5 Å². The molecule has 204 valence electrons. The van der Waals surface area contributed by atoms with E-state index in [0.717, 1.165) is 36.2 Å². The van der Waals surface area contributed by atoms with Crippen molar-refractivity contribution in [2.75, 3.05) is 26.3 Å². The lowest BCUT2D eigenvalue weighted by molar-refractivity contribution is -0.138. The van der Waals surface area contributed by atoms with Crippen LogP contribution in [0.15, 0.2) is 48.5 Å². The molecule has 2 aliphatic rings. The van der Waals surface area contributed by atoms with Gasteiger partial charge in [-0.3, -0.25) is 14.4 Å². The van der Waals surface area contributed by atoms with Crippen LogP contribution >= 0.6 is 0 Å². The van der Waals surface area contributed by atoms with E-state index in [9.17, 15) is 31.9 Å². The first-order chi connectivity index (χ1) is 18.1. The number of alkyl halides is 3. The number of hydrogen-bond donors (Lipinski definition) is 2. The molecular weight excluding hydrogens is 506 g/mol. The fourth-order valence-electron chi connectivity index (χ4n) is 4.49. The number of rotatable bonds is 9. The molecule has 0 bridgehead atoms. The molecule has 2 N–H and O–H groups in total. The number of ether oxygens (including phenoxy) is 1. The van der Waals surface area contributed by atoms with Crippen LogP contribution in [0.4, 0.5) is 17.6 Å². The first-order valence-electron chi connectivity index (χ1n) is 12.5. The average molecular weight is 536 g/mol. The Kier molecular flexibility index (Phi) is 8.65. The molecule has 11 heteroatoms. The number of nitrogens with zero attached hydrogens (tertiary/aromatic N) is 1. The Morgan fingerprint density at radius 3 is 2.29 bits per heavy atom. The molecule has 2 aromatic carbocycles. The highest BCUT2D eigenvalue weighted by Crippen LogP contribution is 2.40. The number of carbonyl (C=O) groups excluding carboxylic acids is 3. The molecular formula is C27H29F4N3O4. The zero-order chi connectivity index (χ0) is 27.3. The minimum absolute atomic E-state index is 0.00362. The summed E-state index contributed by atoms with van der Waals surface area (Å²) in [6.45, 7) is 1.45. The van der Waals surface area contributed by atoms with Gasteiger partial charge >= 0.3 is 6.18 Å². The second kappa shape index (κ2) is 11.9. The summed E-state index contributed by atoms with van der Waals surface area (Å²) in [5.41, 5.74) is 0.0771. The Morgan fingerprint density at radius 1 is 1.00 bits per heavy atom. The van der Waals surface area contributed by atoms with E-state index >= 15 is 0 Å². The fraction of sp³-hybridized carbons (Fsp3) is 0.444. The van der Waals surface area contributed by atoms with Crippen LogP contribution in [0.1, 0.15) is 53.1 Å². The Bertz CT molecular complexity index is 1130. The Labute approximate surface area is 217 Å². The number of hydrogen-bond acceptors (Lipinski definition) is 4. The smallest absolute Gasteiger partial charge is 0.378 e. The molecule has 1 aliphatic heterocycles. The standard InChI is InChI=1S/C27H29F4N3O4/c28-20-10-6-17(7-11-20)21-16-23(21)32-24(35)3-1-2-22(26(37)34-12-14-38-15-13-34)33-25(36)18-4-8-19(9-5-18)27(29,30)31/h4-11,21-23H,1-3,12-16H2,(H,32,35)(H,33,36)/t21-,22-,23?/m0/s1. The lowest BCUT2D eigenvalue weighted by atomic mass is 10.1. The molecule has 1 heterocycles. The van der Waals surface area contributed by atoms with Crippen LogP contribution in [0.2, 0.25) is 0 Å². The number of halogens is 4. The summed E-state index contributed by atoms with van der Waals surface area (Å²) >= 11 is 0. The van der Waals surface area contributed by atoms with Gasteiger partial charge in [-0.15, -0.1) is 0 Å². The maximum absolute atomic E-state index is 13.1. The lowest BCUT2D eigenvalue weighted by Crippen LogP contribution is -2.51. The number of benzene rings is 2. The van der Waals surface area contributed by atoms with E-state index in [0.29, 0.717) is 32.7 Å². The second-order valence-electron chi connectivity index (χ2n) is 9.50. The van der Waals surface area contributed by atoms with Crippen LogP contribution in [0, 0.1) is 5.82 Å². The molecule has 2 aromatic rings. The van der Waals surface area contributed by atoms with Crippen molar-refractivity contribution in [3.63, 3.8) is 0 Å². The van der Waals surface area contributed by atoms with E-state index < -0.39 is 23.7 Å². The molecule has 1 unspecified atom stereocenters. The SMILES string of the molecule is O=C(CCC[C@H](NC(=O)c1ccc(C(F)(F)F)cc1)C(=O)N1CCOCC1)NC1C[C@H]1c1ccc(F)cc1. The molecule has 3 atom stereocenters. The van der Waals surface area contributed by atoms with Gasteiger partial charge < -0.3 is 20.3 Å². The zero-order valence-electron chi connectivity index (χ0n) is 20.6. The quantitative estimate of drug-likeness (QED) is 0.480. The molecule has 1 saturated heterocycles. The molecule has 1 saturated carbocycles. The predicted molar refractivity (Wildman–Crippen MR) is 130 cm³/mol. The molecule has 38 heavy (non-hydrogen) atoms. The van der Waals surface area contributed by atoms with Gasteiger partial charge in [0.2, 0.25) is 11.8 Å². The molecule has 0 aromatic heterocycles. The van der Waals surface area contributed by atoms with Gasteiger partial charge in [0.05, 0.1) is 18.8 Å². The third kappa shape index (κ3) is 7.31. The Balaban J connectivity index is 1.31.